The largest absolute Gasteiger partial charge is 0.375 e. The SMILES string of the molecule is CN(C)c1cc(C2CC=C(Cl)C(Cl)=C2Cl)ccc1F. The third kappa shape index (κ3) is 2.91. The van der Waals surface area contributed by atoms with Crippen LogP contribution in [0.4, 0.5) is 10.1 Å². The molecule has 0 saturated heterocycles. The molecule has 1 aromatic carbocycles. The maximum absolute atomic E-state index is 13.7. The van der Waals surface area contributed by atoms with Gasteiger partial charge in [0.15, 0.2) is 0 Å². The van der Waals surface area contributed by atoms with Crippen LogP contribution >= 0.6 is 34.8 Å². The summed E-state index contributed by atoms with van der Waals surface area (Å²) >= 11 is 18.2. The summed E-state index contributed by atoms with van der Waals surface area (Å²) in [6.45, 7) is 0. The number of hydrogen-bond acceptors (Lipinski definition) is 1. The summed E-state index contributed by atoms with van der Waals surface area (Å²) in [4.78, 5) is 1.73. The number of benzene rings is 1. The van der Waals surface area contributed by atoms with E-state index in [2.05, 4.69) is 0 Å². The Kier molecular flexibility index (Phi) is 4.44. The second kappa shape index (κ2) is 5.74. The summed E-state index contributed by atoms with van der Waals surface area (Å²) in [6.07, 6.45) is 2.49. The molecule has 5 heteroatoms. The maximum Gasteiger partial charge on any atom is 0.146 e. The Hall–Kier alpha value is -0.700. The molecule has 1 atom stereocenters. The van der Waals surface area contributed by atoms with Gasteiger partial charge in [-0.05, 0) is 24.1 Å². The molecule has 0 N–H and O–H groups in total. The molecule has 102 valence electrons. The Morgan fingerprint density at radius 2 is 1.89 bits per heavy atom. The van der Waals surface area contributed by atoms with E-state index in [0.717, 1.165) is 5.56 Å². The highest BCUT2D eigenvalue weighted by Gasteiger charge is 2.24. The second-order valence-corrected chi connectivity index (χ2v) is 5.80. The zero-order valence-corrected chi connectivity index (χ0v) is 12.8. The number of anilines is 1. The summed E-state index contributed by atoms with van der Waals surface area (Å²) in [5.74, 6) is -0.333. The lowest BCUT2D eigenvalue weighted by Gasteiger charge is -2.22. The highest BCUT2D eigenvalue weighted by molar-refractivity contribution is 6.48. The molecule has 0 bridgehead atoms. The quantitative estimate of drug-likeness (QED) is 0.724. The van der Waals surface area contributed by atoms with Gasteiger partial charge in [-0.3, -0.25) is 0 Å². The van der Waals surface area contributed by atoms with E-state index in [1.807, 2.05) is 6.08 Å². The Morgan fingerprint density at radius 1 is 1.21 bits per heavy atom. The fourth-order valence-corrected chi connectivity index (χ4v) is 2.82. The van der Waals surface area contributed by atoms with Crippen molar-refractivity contribution in [3.63, 3.8) is 0 Å². The third-order valence-electron chi connectivity index (χ3n) is 3.11. The molecule has 1 unspecified atom stereocenters. The molecular formula is C14H13Cl3FN. The summed E-state index contributed by atoms with van der Waals surface area (Å²) in [6, 6.07) is 4.97. The van der Waals surface area contributed by atoms with E-state index in [4.69, 9.17) is 34.8 Å². The van der Waals surface area contributed by atoms with E-state index >= 15 is 0 Å². The zero-order chi connectivity index (χ0) is 14.2. The van der Waals surface area contributed by atoms with Crippen molar-refractivity contribution < 1.29 is 4.39 Å². The number of rotatable bonds is 2. The first-order valence-electron chi connectivity index (χ1n) is 5.79. The average Bonchev–Trinajstić information content (AvgIpc) is 2.37. The minimum Gasteiger partial charge on any atom is -0.375 e. The van der Waals surface area contributed by atoms with E-state index in [9.17, 15) is 4.39 Å². The molecule has 0 radical (unpaired) electrons. The van der Waals surface area contributed by atoms with E-state index in [-0.39, 0.29) is 11.7 Å². The molecule has 0 aliphatic heterocycles. The van der Waals surface area contributed by atoms with Crippen LogP contribution in [0.5, 0.6) is 0 Å². The van der Waals surface area contributed by atoms with Crippen molar-refractivity contribution in [2.75, 3.05) is 19.0 Å². The number of hydrogen-bond donors (Lipinski definition) is 0. The topological polar surface area (TPSA) is 3.24 Å². The molecule has 19 heavy (non-hydrogen) atoms. The van der Waals surface area contributed by atoms with Crippen molar-refractivity contribution >= 4 is 40.5 Å². The van der Waals surface area contributed by atoms with Crippen LogP contribution in [0, 0.1) is 5.82 Å². The van der Waals surface area contributed by atoms with Crippen LogP contribution in [0.2, 0.25) is 0 Å². The fourth-order valence-electron chi connectivity index (χ4n) is 2.05. The Labute approximate surface area is 127 Å². The van der Waals surface area contributed by atoms with Gasteiger partial charge in [-0.2, -0.15) is 0 Å². The maximum atomic E-state index is 13.7. The molecule has 2 rings (SSSR count). The highest BCUT2D eigenvalue weighted by atomic mass is 35.5. The number of nitrogens with zero attached hydrogens (tertiary/aromatic N) is 1. The van der Waals surface area contributed by atoms with E-state index in [1.165, 1.54) is 6.07 Å². The molecule has 0 aromatic heterocycles. The van der Waals surface area contributed by atoms with Crippen molar-refractivity contribution in [1.82, 2.24) is 0 Å². The van der Waals surface area contributed by atoms with Crippen LogP contribution in [0.25, 0.3) is 0 Å². The smallest absolute Gasteiger partial charge is 0.146 e. The van der Waals surface area contributed by atoms with Crippen molar-refractivity contribution in [3.8, 4) is 0 Å². The highest BCUT2D eigenvalue weighted by Crippen LogP contribution is 2.42. The van der Waals surface area contributed by atoms with Gasteiger partial charge in [0.1, 0.15) is 5.82 Å². The Bertz CT molecular complexity index is 564. The van der Waals surface area contributed by atoms with Gasteiger partial charge >= 0.3 is 0 Å². The second-order valence-electron chi connectivity index (χ2n) is 4.61. The molecule has 0 amide bonds. The molecule has 0 saturated carbocycles. The summed E-state index contributed by atoms with van der Waals surface area (Å²) < 4.78 is 13.7. The first kappa shape index (κ1) is 14.7. The van der Waals surface area contributed by atoms with Crippen molar-refractivity contribution in [2.24, 2.45) is 0 Å². The summed E-state index contributed by atoms with van der Waals surface area (Å²) in [7, 11) is 3.59. The van der Waals surface area contributed by atoms with Crippen LogP contribution in [0.3, 0.4) is 0 Å². The lowest BCUT2D eigenvalue weighted by atomic mass is 9.91. The van der Waals surface area contributed by atoms with Crippen LogP contribution in [0.15, 0.2) is 39.4 Å². The minimum absolute atomic E-state index is 0.0732. The predicted molar refractivity (Wildman–Crippen MR) is 80.8 cm³/mol. The first-order valence-corrected chi connectivity index (χ1v) is 6.93. The summed E-state index contributed by atoms with van der Waals surface area (Å²) in [5, 5.41) is 1.35. The van der Waals surface area contributed by atoms with Gasteiger partial charge in [-0.15, -0.1) is 0 Å². The molecule has 1 nitrogen and oxygen atoms in total. The van der Waals surface area contributed by atoms with Crippen LogP contribution in [-0.2, 0) is 0 Å². The number of allylic oxidation sites excluding steroid dienone is 4. The molecule has 1 aliphatic carbocycles. The average molecular weight is 321 g/mol. The molecule has 0 heterocycles. The Morgan fingerprint density at radius 3 is 2.53 bits per heavy atom. The standard InChI is InChI=1S/C14H13Cl3FN/c1-19(2)12-7-8(3-6-11(12)18)9-4-5-10(15)14(17)13(9)16/h3,5-7,9H,4H2,1-2H3. The van der Waals surface area contributed by atoms with Gasteiger partial charge in [0.2, 0.25) is 0 Å². The summed E-state index contributed by atoms with van der Waals surface area (Å²) in [5.41, 5.74) is 1.45. The van der Waals surface area contributed by atoms with Crippen molar-refractivity contribution in [3.05, 3.63) is 50.8 Å². The number of halogens is 4. The minimum atomic E-state index is -0.260. The lowest BCUT2D eigenvalue weighted by Crippen LogP contribution is -2.12. The third-order valence-corrected chi connectivity index (χ3v) is 4.51. The lowest BCUT2D eigenvalue weighted by molar-refractivity contribution is 0.624. The van der Waals surface area contributed by atoms with Gasteiger partial charge in [0, 0.05) is 25.0 Å². The zero-order valence-electron chi connectivity index (χ0n) is 10.6. The van der Waals surface area contributed by atoms with Crippen LogP contribution < -0.4 is 4.90 Å². The van der Waals surface area contributed by atoms with Gasteiger partial charge in [-0.25, -0.2) is 4.39 Å². The molecular weight excluding hydrogens is 308 g/mol. The van der Waals surface area contributed by atoms with Crippen LogP contribution in [-0.4, -0.2) is 14.1 Å². The van der Waals surface area contributed by atoms with Gasteiger partial charge in [0.25, 0.3) is 0 Å². The van der Waals surface area contributed by atoms with E-state index < -0.39 is 0 Å². The van der Waals surface area contributed by atoms with Crippen molar-refractivity contribution in [2.45, 2.75) is 12.3 Å². The molecule has 1 aromatic rings. The van der Waals surface area contributed by atoms with E-state index in [1.54, 1.807) is 31.1 Å². The molecule has 0 fully saturated rings. The van der Waals surface area contributed by atoms with Gasteiger partial charge in [0.05, 0.1) is 15.8 Å². The van der Waals surface area contributed by atoms with E-state index in [0.29, 0.717) is 27.2 Å². The Balaban J connectivity index is 2.42. The van der Waals surface area contributed by atoms with Crippen molar-refractivity contribution in [1.29, 1.82) is 0 Å². The first-order chi connectivity index (χ1) is 8.91. The molecule has 1 aliphatic rings. The monoisotopic (exact) mass is 319 g/mol. The normalized spacial score (nSPS) is 19.5. The van der Waals surface area contributed by atoms with Crippen LogP contribution in [0.1, 0.15) is 17.9 Å². The fraction of sp³-hybridized carbons (Fsp3) is 0.286. The van der Waals surface area contributed by atoms with Gasteiger partial charge < -0.3 is 4.90 Å². The van der Waals surface area contributed by atoms with Gasteiger partial charge in [-0.1, -0.05) is 46.9 Å². The molecule has 0 spiro atoms. The predicted octanol–water partition coefficient (Wildman–Crippen LogP) is 5.19.